The molecule has 1 atom stereocenters. The third kappa shape index (κ3) is 5.37. The third-order valence-electron chi connectivity index (χ3n) is 5.66. The molecule has 32 heavy (non-hydrogen) atoms. The van der Waals surface area contributed by atoms with E-state index in [-0.39, 0.29) is 12.0 Å². The predicted octanol–water partition coefficient (Wildman–Crippen LogP) is 5.07. The monoisotopic (exact) mass is 472 g/mol. The van der Waals surface area contributed by atoms with Gasteiger partial charge in [-0.15, -0.1) is 0 Å². The number of carbonyl (C=O) groups is 1. The lowest BCUT2D eigenvalue weighted by Gasteiger charge is -2.36. The van der Waals surface area contributed by atoms with Crippen molar-refractivity contribution in [3.63, 3.8) is 0 Å². The van der Waals surface area contributed by atoms with Gasteiger partial charge in [-0.2, -0.15) is 0 Å². The van der Waals surface area contributed by atoms with E-state index in [4.69, 9.17) is 27.9 Å². The number of imidazole rings is 1. The van der Waals surface area contributed by atoms with Crippen LogP contribution in [-0.2, 0) is 11.3 Å². The number of aromatic nitrogens is 2. The Balaban J connectivity index is 1.46. The Hall–Kier alpha value is -2.70. The largest absolute Gasteiger partial charge is 0.484 e. The van der Waals surface area contributed by atoms with Crippen molar-refractivity contribution in [1.82, 2.24) is 14.5 Å². The summed E-state index contributed by atoms with van der Waals surface area (Å²) in [5, 5.41) is 1.16. The molecule has 4 rings (SSSR count). The Bertz CT molecular complexity index is 1030. The van der Waals surface area contributed by atoms with Crippen molar-refractivity contribution in [3.05, 3.63) is 76.8 Å². The zero-order chi connectivity index (χ0) is 22.5. The second-order valence-corrected chi connectivity index (χ2v) is 8.59. The second kappa shape index (κ2) is 10.3. The number of rotatable bonds is 7. The first-order valence-electron chi connectivity index (χ1n) is 10.7. The van der Waals surface area contributed by atoms with Gasteiger partial charge in [0.05, 0.1) is 12.9 Å². The van der Waals surface area contributed by atoms with Gasteiger partial charge in [0, 0.05) is 66.3 Å². The number of anilines is 1. The van der Waals surface area contributed by atoms with Gasteiger partial charge >= 0.3 is 0 Å². The van der Waals surface area contributed by atoms with Crippen molar-refractivity contribution in [3.8, 4) is 5.75 Å². The lowest BCUT2D eigenvalue weighted by atomic mass is 10.1. The van der Waals surface area contributed by atoms with E-state index < -0.39 is 0 Å². The summed E-state index contributed by atoms with van der Waals surface area (Å²) in [5.74, 6) is 0.975. The summed E-state index contributed by atoms with van der Waals surface area (Å²) in [4.78, 5) is 20.2. The van der Waals surface area contributed by atoms with E-state index in [0.717, 1.165) is 43.2 Å². The molecule has 0 bridgehead atoms. The molecule has 3 aromatic rings. The summed E-state index contributed by atoms with van der Waals surface area (Å²) < 4.78 is 8.31. The molecule has 1 aromatic heterocycles. The molecule has 1 unspecified atom stereocenters. The van der Waals surface area contributed by atoms with Crippen LogP contribution in [0.25, 0.3) is 0 Å². The predicted molar refractivity (Wildman–Crippen MR) is 128 cm³/mol. The number of carbonyl (C=O) groups excluding carboxylic acids is 1. The van der Waals surface area contributed by atoms with Crippen LogP contribution in [-0.4, -0.2) is 46.5 Å². The van der Waals surface area contributed by atoms with Gasteiger partial charge in [0.1, 0.15) is 11.9 Å². The molecule has 168 valence electrons. The fraction of sp³-hybridized carbons (Fsp3) is 0.333. The van der Waals surface area contributed by atoms with Crippen molar-refractivity contribution >= 4 is 34.8 Å². The van der Waals surface area contributed by atoms with E-state index in [2.05, 4.69) is 22.0 Å². The first-order valence-corrected chi connectivity index (χ1v) is 11.5. The van der Waals surface area contributed by atoms with Crippen LogP contribution in [0.15, 0.2) is 61.2 Å². The molecule has 1 saturated heterocycles. The zero-order valence-electron chi connectivity index (χ0n) is 18.0. The summed E-state index contributed by atoms with van der Waals surface area (Å²) in [6, 6.07) is 13.5. The summed E-state index contributed by atoms with van der Waals surface area (Å²) in [6.45, 7) is 5.65. The van der Waals surface area contributed by atoms with Crippen LogP contribution < -0.4 is 9.64 Å². The van der Waals surface area contributed by atoms with Gasteiger partial charge in [-0.05, 0) is 36.4 Å². The van der Waals surface area contributed by atoms with Gasteiger partial charge in [-0.1, -0.05) is 36.2 Å². The van der Waals surface area contributed by atoms with E-state index >= 15 is 0 Å². The maximum atomic E-state index is 11.9. The van der Waals surface area contributed by atoms with Crippen LogP contribution in [0.5, 0.6) is 5.75 Å². The molecule has 0 saturated carbocycles. The normalized spacial score (nSPS) is 15.0. The number of piperazine rings is 1. The standard InChI is InChI=1S/C24H26Cl2N4O2/c1-2-24(31)30-13-11-29(12-14-30)19-4-6-20(7-5-19)32-23(16-28-10-9-27-17-28)21-8-3-18(25)15-22(21)26/h3-10,15,17,23H,2,11-14,16H2,1H3. The summed E-state index contributed by atoms with van der Waals surface area (Å²) in [7, 11) is 0. The van der Waals surface area contributed by atoms with Crippen LogP contribution >= 0.6 is 23.2 Å². The molecule has 8 heteroatoms. The Morgan fingerprint density at radius 2 is 1.84 bits per heavy atom. The number of amides is 1. The molecule has 6 nitrogen and oxygen atoms in total. The Morgan fingerprint density at radius 3 is 2.47 bits per heavy atom. The molecule has 1 aliphatic heterocycles. The zero-order valence-corrected chi connectivity index (χ0v) is 19.5. The first-order chi connectivity index (χ1) is 15.5. The SMILES string of the molecule is CCC(=O)N1CCN(c2ccc(OC(Cn3ccnc3)c3ccc(Cl)cc3Cl)cc2)CC1. The maximum Gasteiger partial charge on any atom is 0.222 e. The number of halogens is 2. The van der Waals surface area contributed by atoms with Crippen molar-refractivity contribution in [2.24, 2.45) is 0 Å². The van der Waals surface area contributed by atoms with Crippen molar-refractivity contribution in [2.45, 2.75) is 26.0 Å². The highest BCUT2D eigenvalue weighted by molar-refractivity contribution is 6.35. The molecule has 0 aliphatic carbocycles. The average molecular weight is 473 g/mol. The first kappa shape index (κ1) is 22.5. The highest BCUT2D eigenvalue weighted by atomic mass is 35.5. The summed E-state index contributed by atoms with van der Waals surface area (Å²) in [6.07, 6.45) is 5.65. The number of benzene rings is 2. The molecule has 1 aliphatic rings. The van der Waals surface area contributed by atoms with Crippen LogP contribution in [0.3, 0.4) is 0 Å². The van der Waals surface area contributed by atoms with E-state index in [0.29, 0.717) is 23.0 Å². The minimum atomic E-state index is -0.302. The molecule has 0 spiro atoms. The molecular formula is C24H26Cl2N4O2. The van der Waals surface area contributed by atoms with Gasteiger partial charge in [0.25, 0.3) is 0 Å². The third-order valence-corrected chi connectivity index (χ3v) is 6.22. The van der Waals surface area contributed by atoms with Crippen molar-refractivity contribution in [2.75, 3.05) is 31.1 Å². The highest BCUT2D eigenvalue weighted by Crippen LogP contribution is 2.32. The smallest absolute Gasteiger partial charge is 0.222 e. The van der Waals surface area contributed by atoms with E-state index in [1.165, 1.54) is 0 Å². The fourth-order valence-corrected chi connectivity index (χ4v) is 4.42. The van der Waals surface area contributed by atoms with Crippen LogP contribution in [0, 0.1) is 0 Å². The Morgan fingerprint density at radius 1 is 1.09 bits per heavy atom. The Kier molecular flexibility index (Phi) is 7.22. The second-order valence-electron chi connectivity index (χ2n) is 7.75. The van der Waals surface area contributed by atoms with Gasteiger partial charge in [0.15, 0.2) is 0 Å². The maximum absolute atomic E-state index is 11.9. The molecule has 1 fully saturated rings. The lowest BCUT2D eigenvalue weighted by molar-refractivity contribution is -0.131. The molecule has 0 radical (unpaired) electrons. The van der Waals surface area contributed by atoms with Gasteiger partial charge < -0.3 is 19.1 Å². The van der Waals surface area contributed by atoms with E-state index in [1.54, 1.807) is 18.6 Å². The molecule has 2 heterocycles. The van der Waals surface area contributed by atoms with Gasteiger partial charge in [0.2, 0.25) is 5.91 Å². The molecule has 1 amide bonds. The minimum absolute atomic E-state index is 0.221. The van der Waals surface area contributed by atoms with E-state index in [9.17, 15) is 4.79 Å². The lowest BCUT2D eigenvalue weighted by Crippen LogP contribution is -2.48. The number of hydrogen-bond acceptors (Lipinski definition) is 4. The number of ether oxygens (including phenoxy) is 1. The topological polar surface area (TPSA) is 50.6 Å². The molecular weight excluding hydrogens is 447 g/mol. The van der Waals surface area contributed by atoms with Gasteiger partial charge in [-0.3, -0.25) is 4.79 Å². The Labute approximate surface area is 198 Å². The molecule has 0 N–H and O–H groups in total. The minimum Gasteiger partial charge on any atom is -0.484 e. The quantitative estimate of drug-likeness (QED) is 0.481. The van der Waals surface area contributed by atoms with Crippen molar-refractivity contribution in [1.29, 1.82) is 0 Å². The van der Waals surface area contributed by atoms with Crippen LogP contribution in [0.4, 0.5) is 5.69 Å². The van der Waals surface area contributed by atoms with E-state index in [1.807, 2.05) is 46.9 Å². The molecule has 2 aromatic carbocycles. The summed E-state index contributed by atoms with van der Waals surface area (Å²) in [5.41, 5.74) is 1.99. The van der Waals surface area contributed by atoms with Crippen LogP contribution in [0.1, 0.15) is 25.0 Å². The number of hydrogen-bond donors (Lipinski definition) is 0. The summed E-state index contributed by atoms with van der Waals surface area (Å²) >= 11 is 12.6. The highest BCUT2D eigenvalue weighted by Gasteiger charge is 2.21. The average Bonchev–Trinajstić information content (AvgIpc) is 3.32. The fourth-order valence-electron chi connectivity index (χ4n) is 3.89. The van der Waals surface area contributed by atoms with Crippen LogP contribution in [0.2, 0.25) is 10.0 Å². The van der Waals surface area contributed by atoms with Crippen molar-refractivity contribution < 1.29 is 9.53 Å². The number of nitrogens with zero attached hydrogens (tertiary/aromatic N) is 4. The van der Waals surface area contributed by atoms with Gasteiger partial charge in [-0.25, -0.2) is 4.98 Å².